The van der Waals surface area contributed by atoms with Crippen LogP contribution in [0.5, 0.6) is 0 Å². The van der Waals surface area contributed by atoms with Crippen LogP contribution >= 0.6 is 11.8 Å². The van der Waals surface area contributed by atoms with E-state index in [1.54, 1.807) is 18.3 Å². The molecule has 0 radical (unpaired) electrons. The predicted molar refractivity (Wildman–Crippen MR) is 95.2 cm³/mol. The molecule has 0 spiro atoms. The van der Waals surface area contributed by atoms with E-state index in [0.29, 0.717) is 18.5 Å². The lowest BCUT2D eigenvalue weighted by atomic mass is 10.2. The first-order valence-corrected chi connectivity index (χ1v) is 9.08. The second-order valence-electron chi connectivity index (χ2n) is 5.56. The van der Waals surface area contributed by atoms with Gasteiger partial charge in [-0.15, -0.1) is 11.8 Å². The van der Waals surface area contributed by atoms with Gasteiger partial charge < -0.3 is 10.2 Å². The summed E-state index contributed by atoms with van der Waals surface area (Å²) >= 11 is 1.45. The van der Waals surface area contributed by atoms with Crippen molar-refractivity contribution in [1.82, 2.24) is 10.3 Å². The van der Waals surface area contributed by atoms with E-state index in [9.17, 15) is 9.59 Å². The van der Waals surface area contributed by atoms with Gasteiger partial charge in [0.1, 0.15) is 5.03 Å². The van der Waals surface area contributed by atoms with E-state index >= 15 is 0 Å². The number of carbonyl (C=O) groups excluding carboxylic acids is 2. The van der Waals surface area contributed by atoms with Crippen LogP contribution in [-0.2, 0) is 11.3 Å². The third-order valence-corrected chi connectivity index (χ3v) is 4.70. The third kappa shape index (κ3) is 3.59. The molecule has 0 aliphatic carbocycles. The fraction of sp³-hybridized carbons (Fsp3) is 0.278. The van der Waals surface area contributed by atoms with Crippen molar-refractivity contribution in [2.24, 2.45) is 0 Å². The lowest BCUT2D eigenvalue weighted by Gasteiger charge is -2.16. The fourth-order valence-electron chi connectivity index (χ4n) is 2.72. The third-order valence-electron chi connectivity index (χ3n) is 3.98. The predicted octanol–water partition coefficient (Wildman–Crippen LogP) is 2.86. The second-order valence-corrected chi connectivity index (χ2v) is 6.35. The smallest absolute Gasteiger partial charge is 0.254 e. The summed E-state index contributed by atoms with van der Waals surface area (Å²) in [6, 6.07) is 11.3. The van der Waals surface area contributed by atoms with E-state index in [2.05, 4.69) is 10.3 Å². The number of nitrogens with zero attached hydrogens (tertiary/aromatic N) is 2. The molecular weight excluding hydrogens is 322 g/mol. The van der Waals surface area contributed by atoms with Crippen molar-refractivity contribution in [2.75, 3.05) is 17.7 Å². The molecule has 1 aliphatic heterocycles. The highest BCUT2D eigenvalue weighted by molar-refractivity contribution is 7.98. The normalized spacial score (nSPS) is 14.0. The standard InChI is InChI=1S/C18H19N3O2S/c1-24-18-15(4-2-10-19-18)17(23)20-12-13-6-8-14(9-7-13)21-11-3-5-16(21)22/h2,4,6-10H,3,5,11-12H2,1H3,(H,20,23). The number of anilines is 1. The number of hydrogen-bond donors (Lipinski definition) is 1. The Labute approximate surface area is 145 Å². The highest BCUT2D eigenvalue weighted by Crippen LogP contribution is 2.21. The molecule has 1 aromatic heterocycles. The Morgan fingerprint density at radius 2 is 2.08 bits per heavy atom. The van der Waals surface area contributed by atoms with E-state index < -0.39 is 0 Å². The number of benzene rings is 1. The summed E-state index contributed by atoms with van der Waals surface area (Å²) in [6.45, 7) is 1.23. The van der Waals surface area contributed by atoms with Gasteiger partial charge in [-0.3, -0.25) is 9.59 Å². The van der Waals surface area contributed by atoms with E-state index in [4.69, 9.17) is 0 Å². The molecule has 1 N–H and O–H groups in total. The maximum atomic E-state index is 12.3. The van der Waals surface area contributed by atoms with Crippen molar-refractivity contribution in [2.45, 2.75) is 24.4 Å². The summed E-state index contributed by atoms with van der Waals surface area (Å²) in [7, 11) is 0. The van der Waals surface area contributed by atoms with Crippen LogP contribution < -0.4 is 10.2 Å². The number of thioether (sulfide) groups is 1. The molecular formula is C18H19N3O2S. The Hall–Kier alpha value is -2.34. The van der Waals surface area contributed by atoms with Crippen LogP contribution in [0, 0.1) is 0 Å². The van der Waals surface area contributed by atoms with Crippen molar-refractivity contribution >= 4 is 29.3 Å². The van der Waals surface area contributed by atoms with E-state index in [-0.39, 0.29) is 11.8 Å². The average molecular weight is 341 g/mol. The van der Waals surface area contributed by atoms with Crippen LogP contribution in [0.25, 0.3) is 0 Å². The summed E-state index contributed by atoms with van der Waals surface area (Å²) < 4.78 is 0. The molecule has 5 nitrogen and oxygen atoms in total. The Morgan fingerprint density at radius 1 is 1.29 bits per heavy atom. The molecule has 1 saturated heterocycles. The van der Waals surface area contributed by atoms with Crippen LogP contribution in [0.3, 0.4) is 0 Å². The fourth-order valence-corrected chi connectivity index (χ4v) is 3.27. The van der Waals surface area contributed by atoms with Crippen LogP contribution in [0.4, 0.5) is 5.69 Å². The molecule has 0 saturated carbocycles. The molecule has 0 atom stereocenters. The van der Waals surface area contributed by atoms with Gasteiger partial charge in [-0.25, -0.2) is 4.98 Å². The highest BCUT2D eigenvalue weighted by atomic mass is 32.2. The molecule has 2 amide bonds. The van der Waals surface area contributed by atoms with E-state index in [1.165, 1.54) is 11.8 Å². The SMILES string of the molecule is CSc1ncccc1C(=O)NCc1ccc(N2CCCC2=O)cc1. The lowest BCUT2D eigenvalue weighted by Crippen LogP contribution is -2.24. The molecule has 24 heavy (non-hydrogen) atoms. The molecule has 1 aliphatic rings. The Morgan fingerprint density at radius 3 is 2.75 bits per heavy atom. The van der Waals surface area contributed by atoms with Crippen molar-refractivity contribution in [1.29, 1.82) is 0 Å². The van der Waals surface area contributed by atoms with Gasteiger partial charge in [0.05, 0.1) is 5.56 Å². The maximum absolute atomic E-state index is 12.3. The number of amides is 2. The number of pyridine rings is 1. The van der Waals surface area contributed by atoms with Gasteiger partial charge in [0.2, 0.25) is 5.91 Å². The molecule has 2 aromatic rings. The van der Waals surface area contributed by atoms with Gasteiger partial charge in [0.15, 0.2) is 0 Å². The van der Waals surface area contributed by atoms with Gasteiger partial charge in [-0.2, -0.15) is 0 Å². The zero-order chi connectivity index (χ0) is 16.9. The topological polar surface area (TPSA) is 62.3 Å². The molecule has 124 valence electrons. The Kier molecular flexibility index (Phi) is 5.15. The number of hydrogen-bond acceptors (Lipinski definition) is 4. The summed E-state index contributed by atoms with van der Waals surface area (Å²) in [5.74, 6) is 0.0449. The quantitative estimate of drug-likeness (QED) is 0.850. The maximum Gasteiger partial charge on any atom is 0.254 e. The number of aromatic nitrogens is 1. The zero-order valence-corrected chi connectivity index (χ0v) is 14.3. The number of carbonyl (C=O) groups is 2. The Bertz CT molecular complexity index is 746. The van der Waals surface area contributed by atoms with E-state index in [1.807, 2.05) is 35.4 Å². The van der Waals surface area contributed by atoms with E-state index in [0.717, 1.165) is 29.2 Å². The number of nitrogens with one attached hydrogen (secondary N) is 1. The molecule has 0 unspecified atom stereocenters. The minimum absolute atomic E-state index is 0.133. The summed E-state index contributed by atoms with van der Waals surface area (Å²) in [5, 5.41) is 3.64. The van der Waals surface area contributed by atoms with Crippen LogP contribution in [0.2, 0.25) is 0 Å². The van der Waals surface area contributed by atoms with Crippen molar-refractivity contribution in [3.63, 3.8) is 0 Å². The molecule has 1 aromatic carbocycles. The van der Waals surface area contributed by atoms with Gasteiger partial charge in [0.25, 0.3) is 5.91 Å². The first-order chi connectivity index (χ1) is 11.7. The molecule has 1 fully saturated rings. The highest BCUT2D eigenvalue weighted by Gasteiger charge is 2.21. The first-order valence-electron chi connectivity index (χ1n) is 7.85. The lowest BCUT2D eigenvalue weighted by molar-refractivity contribution is -0.117. The van der Waals surface area contributed by atoms with Gasteiger partial charge in [-0.1, -0.05) is 12.1 Å². The van der Waals surface area contributed by atoms with Crippen molar-refractivity contribution in [3.8, 4) is 0 Å². The molecule has 3 rings (SSSR count). The molecule has 2 heterocycles. The summed E-state index contributed by atoms with van der Waals surface area (Å²) in [5.41, 5.74) is 2.50. The van der Waals surface area contributed by atoms with Crippen molar-refractivity contribution < 1.29 is 9.59 Å². The van der Waals surface area contributed by atoms with Crippen molar-refractivity contribution in [3.05, 3.63) is 53.7 Å². The second kappa shape index (κ2) is 7.49. The van der Waals surface area contributed by atoms with Gasteiger partial charge in [-0.05, 0) is 42.5 Å². The largest absolute Gasteiger partial charge is 0.348 e. The minimum atomic E-state index is -0.133. The first kappa shape index (κ1) is 16.5. The Balaban J connectivity index is 1.62. The van der Waals surface area contributed by atoms with Gasteiger partial charge >= 0.3 is 0 Å². The minimum Gasteiger partial charge on any atom is -0.348 e. The summed E-state index contributed by atoms with van der Waals surface area (Å²) in [6.07, 6.45) is 5.12. The van der Waals surface area contributed by atoms with Crippen LogP contribution in [0.15, 0.2) is 47.6 Å². The molecule has 0 bridgehead atoms. The zero-order valence-electron chi connectivity index (χ0n) is 13.5. The summed E-state index contributed by atoms with van der Waals surface area (Å²) in [4.78, 5) is 30.1. The monoisotopic (exact) mass is 341 g/mol. The molecule has 6 heteroatoms. The van der Waals surface area contributed by atoms with Crippen LogP contribution in [0.1, 0.15) is 28.8 Å². The average Bonchev–Trinajstić information content (AvgIpc) is 3.06. The van der Waals surface area contributed by atoms with Crippen LogP contribution in [-0.4, -0.2) is 29.6 Å². The van der Waals surface area contributed by atoms with Gasteiger partial charge in [0, 0.05) is 31.4 Å². The number of rotatable bonds is 5.